The van der Waals surface area contributed by atoms with E-state index in [0.717, 1.165) is 27.9 Å². The molecule has 0 aliphatic rings. The van der Waals surface area contributed by atoms with E-state index in [9.17, 15) is 4.79 Å². The van der Waals surface area contributed by atoms with Gasteiger partial charge in [-0.05, 0) is 30.5 Å². The summed E-state index contributed by atoms with van der Waals surface area (Å²) in [5.74, 6) is 0.649. The number of ether oxygens (including phenoxy) is 1. The van der Waals surface area contributed by atoms with Gasteiger partial charge in [0.05, 0.1) is 18.0 Å². The number of carbonyl (C=O) groups is 1. The van der Waals surface area contributed by atoms with Crippen LogP contribution in [0.15, 0.2) is 71.1 Å². The molecule has 0 fully saturated rings. The van der Waals surface area contributed by atoms with Gasteiger partial charge in [-0.1, -0.05) is 71.6 Å². The smallest absolute Gasteiger partial charge is 0.237 e. The average Bonchev–Trinajstić information content (AvgIpc) is 3.21. The Hall–Kier alpha value is -3.10. The van der Waals surface area contributed by atoms with Crippen LogP contribution in [0.2, 0.25) is 0 Å². The highest BCUT2D eigenvalue weighted by Gasteiger charge is 2.18. The van der Waals surface area contributed by atoms with Crippen LogP contribution in [0.4, 0.5) is 16.5 Å². The summed E-state index contributed by atoms with van der Waals surface area (Å²) in [4.78, 5) is 12.7. The third kappa shape index (κ3) is 4.55. The third-order valence-corrected chi connectivity index (χ3v) is 6.47. The van der Waals surface area contributed by atoms with Crippen molar-refractivity contribution in [1.82, 2.24) is 10.2 Å². The lowest BCUT2D eigenvalue weighted by Crippen LogP contribution is -2.22. The number of anilines is 3. The first-order chi connectivity index (χ1) is 14.6. The molecule has 1 aromatic heterocycles. The van der Waals surface area contributed by atoms with Crippen molar-refractivity contribution in [2.45, 2.75) is 16.5 Å². The fourth-order valence-electron chi connectivity index (χ4n) is 2.94. The van der Waals surface area contributed by atoms with Crippen LogP contribution in [-0.4, -0.2) is 28.5 Å². The van der Waals surface area contributed by atoms with E-state index in [2.05, 4.69) is 20.8 Å². The number of aromatic nitrogens is 2. The largest absolute Gasteiger partial charge is 0.495 e. The van der Waals surface area contributed by atoms with Gasteiger partial charge in [-0.25, -0.2) is 0 Å². The number of rotatable bonds is 7. The number of amides is 1. The topological polar surface area (TPSA) is 76.1 Å². The lowest BCUT2D eigenvalue weighted by atomic mass is 10.1. The molecular formula is C22H20N4O2S2. The Morgan fingerprint density at radius 1 is 1.00 bits per heavy atom. The zero-order valence-corrected chi connectivity index (χ0v) is 18.1. The molecular weight excluding hydrogens is 416 g/mol. The second kappa shape index (κ2) is 9.15. The van der Waals surface area contributed by atoms with E-state index in [-0.39, 0.29) is 11.2 Å². The van der Waals surface area contributed by atoms with Gasteiger partial charge >= 0.3 is 0 Å². The first-order valence-electron chi connectivity index (χ1n) is 9.33. The van der Waals surface area contributed by atoms with Crippen LogP contribution in [0.1, 0.15) is 6.92 Å². The highest BCUT2D eigenvalue weighted by Crippen LogP contribution is 2.33. The summed E-state index contributed by atoms with van der Waals surface area (Å²) in [7, 11) is 1.62. The molecule has 1 amide bonds. The summed E-state index contributed by atoms with van der Waals surface area (Å²) in [6.07, 6.45) is 0. The molecule has 4 rings (SSSR count). The fourth-order valence-corrected chi connectivity index (χ4v) is 4.85. The van der Waals surface area contributed by atoms with Crippen molar-refractivity contribution in [2.75, 3.05) is 17.7 Å². The molecule has 1 atom stereocenters. The SMILES string of the molecule is COc1ccccc1Nc1nnc(SC(C)C(=O)Nc2cccc3ccccc23)s1. The summed E-state index contributed by atoms with van der Waals surface area (Å²) >= 11 is 2.77. The quantitative estimate of drug-likeness (QED) is 0.369. The first-order valence-corrected chi connectivity index (χ1v) is 11.0. The molecule has 30 heavy (non-hydrogen) atoms. The average molecular weight is 437 g/mol. The highest BCUT2D eigenvalue weighted by molar-refractivity contribution is 8.02. The molecule has 1 heterocycles. The molecule has 1 unspecified atom stereocenters. The van der Waals surface area contributed by atoms with E-state index in [1.54, 1.807) is 7.11 Å². The second-order valence-corrected chi connectivity index (χ2v) is 9.04. The minimum absolute atomic E-state index is 0.0780. The molecule has 0 saturated heterocycles. The number of fused-ring (bicyclic) bond motifs is 1. The minimum atomic E-state index is -0.323. The van der Waals surface area contributed by atoms with Crippen LogP contribution < -0.4 is 15.4 Å². The number of nitrogens with zero attached hydrogens (tertiary/aromatic N) is 2. The van der Waals surface area contributed by atoms with Crippen LogP contribution in [-0.2, 0) is 4.79 Å². The van der Waals surface area contributed by atoms with Gasteiger partial charge in [0.15, 0.2) is 4.34 Å². The maximum absolute atomic E-state index is 12.7. The van der Waals surface area contributed by atoms with Crippen molar-refractivity contribution in [3.8, 4) is 5.75 Å². The van der Waals surface area contributed by atoms with Gasteiger partial charge in [0.2, 0.25) is 11.0 Å². The zero-order chi connectivity index (χ0) is 20.9. The van der Waals surface area contributed by atoms with Crippen molar-refractivity contribution < 1.29 is 9.53 Å². The lowest BCUT2D eigenvalue weighted by molar-refractivity contribution is -0.115. The molecule has 3 aromatic carbocycles. The fraction of sp³-hybridized carbons (Fsp3) is 0.136. The van der Waals surface area contributed by atoms with Gasteiger partial charge in [-0.3, -0.25) is 4.79 Å². The maximum Gasteiger partial charge on any atom is 0.237 e. The van der Waals surface area contributed by atoms with Crippen molar-refractivity contribution >= 4 is 56.3 Å². The van der Waals surface area contributed by atoms with Crippen LogP contribution in [0.25, 0.3) is 10.8 Å². The molecule has 0 aliphatic heterocycles. The molecule has 0 radical (unpaired) electrons. The molecule has 0 spiro atoms. The van der Waals surface area contributed by atoms with Gasteiger partial charge in [0.25, 0.3) is 0 Å². The molecule has 0 saturated carbocycles. The first kappa shape index (κ1) is 20.2. The van der Waals surface area contributed by atoms with Crippen LogP contribution >= 0.6 is 23.1 Å². The van der Waals surface area contributed by atoms with Crippen LogP contribution in [0.3, 0.4) is 0 Å². The Labute approximate surface area is 182 Å². The number of benzene rings is 3. The zero-order valence-electron chi connectivity index (χ0n) is 16.5. The predicted molar refractivity (Wildman–Crippen MR) is 124 cm³/mol. The molecule has 152 valence electrons. The molecule has 0 bridgehead atoms. The minimum Gasteiger partial charge on any atom is -0.495 e. The number of thioether (sulfide) groups is 1. The second-order valence-electron chi connectivity index (χ2n) is 6.47. The van der Waals surface area contributed by atoms with E-state index in [4.69, 9.17) is 4.74 Å². The number of hydrogen-bond donors (Lipinski definition) is 2. The van der Waals surface area contributed by atoms with Crippen LogP contribution in [0.5, 0.6) is 5.75 Å². The van der Waals surface area contributed by atoms with Crippen molar-refractivity contribution in [2.24, 2.45) is 0 Å². The lowest BCUT2D eigenvalue weighted by Gasteiger charge is -2.12. The predicted octanol–water partition coefficient (Wildman–Crippen LogP) is 5.56. The van der Waals surface area contributed by atoms with Gasteiger partial charge < -0.3 is 15.4 Å². The molecule has 8 heteroatoms. The summed E-state index contributed by atoms with van der Waals surface area (Å²) in [5.41, 5.74) is 1.62. The summed E-state index contributed by atoms with van der Waals surface area (Å²) in [6.45, 7) is 1.86. The Bertz CT molecular complexity index is 1170. The van der Waals surface area contributed by atoms with E-state index in [0.29, 0.717) is 9.47 Å². The van der Waals surface area contributed by atoms with Gasteiger partial charge in [-0.2, -0.15) is 0 Å². The maximum atomic E-state index is 12.7. The van der Waals surface area contributed by atoms with Crippen LogP contribution in [0, 0.1) is 0 Å². The van der Waals surface area contributed by atoms with Gasteiger partial charge in [0, 0.05) is 11.1 Å². The van der Waals surface area contributed by atoms with Crippen molar-refractivity contribution in [1.29, 1.82) is 0 Å². The number of para-hydroxylation sites is 2. The normalized spacial score (nSPS) is 11.8. The summed E-state index contributed by atoms with van der Waals surface area (Å²) < 4.78 is 6.06. The highest BCUT2D eigenvalue weighted by atomic mass is 32.2. The molecule has 4 aromatic rings. The van der Waals surface area contributed by atoms with E-state index in [1.807, 2.05) is 73.7 Å². The Balaban J connectivity index is 1.41. The Morgan fingerprint density at radius 2 is 1.73 bits per heavy atom. The molecule has 6 nitrogen and oxygen atoms in total. The Kier molecular flexibility index (Phi) is 6.15. The standard InChI is InChI=1S/C22H20N4O2S2/c1-14(20(27)23-17-12-7-9-15-8-3-4-10-16(15)17)29-22-26-25-21(30-22)24-18-11-5-6-13-19(18)28-2/h3-14H,1-2H3,(H,23,27)(H,24,25). The van der Waals surface area contributed by atoms with Gasteiger partial charge in [0.1, 0.15) is 5.75 Å². The monoisotopic (exact) mass is 436 g/mol. The van der Waals surface area contributed by atoms with E-state index in [1.165, 1.54) is 23.1 Å². The number of carbonyl (C=O) groups excluding carboxylic acids is 1. The Morgan fingerprint density at radius 3 is 2.60 bits per heavy atom. The van der Waals surface area contributed by atoms with E-state index >= 15 is 0 Å². The molecule has 2 N–H and O–H groups in total. The summed E-state index contributed by atoms with van der Waals surface area (Å²) in [6, 6.07) is 21.5. The van der Waals surface area contributed by atoms with Gasteiger partial charge in [-0.15, -0.1) is 10.2 Å². The number of hydrogen-bond acceptors (Lipinski definition) is 7. The van der Waals surface area contributed by atoms with Crippen molar-refractivity contribution in [3.05, 3.63) is 66.7 Å². The van der Waals surface area contributed by atoms with Crippen molar-refractivity contribution in [3.63, 3.8) is 0 Å². The summed E-state index contributed by atoms with van der Waals surface area (Å²) in [5, 5.41) is 17.0. The van der Waals surface area contributed by atoms with E-state index < -0.39 is 0 Å². The number of nitrogens with one attached hydrogen (secondary N) is 2. The molecule has 0 aliphatic carbocycles. The third-order valence-electron chi connectivity index (χ3n) is 4.45. The number of methoxy groups -OCH3 is 1.